The maximum atomic E-state index is 13.4. The zero-order valence-electron chi connectivity index (χ0n) is 41.3. The number of likely N-dealkylation sites (tertiary alicyclic amines) is 2. The molecule has 0 N–H and O–H groups in total. The number of hydrogen-bond acceptors (Lipinski definition) is 8. The minimum absolute atomic E-state index is 0. The Hall–Kier alpha value is -3.29. The Balaban J connectivity index is 0.00000397. The molecular formula is C49H78N6O6S2Si2. The first-order chi connectivity index (χ1) is 29.6. The summed E-state index contributed by atoms with van der Waals surface area (Å²) in [4.78, 5) is 40.6. The zero-order valence-corrected chi connectivity index (χ0v) is 45.3. The number of ether oxygens (including phenoxy) is 4. The van der Waals surface area contributed by atoms with E-state index < -0.39 is 27.3 Å². The van der Waals surface area contributed by atoms with Crippen molar-refractivity contribution in [3.8, 4) is 11.3 Å². The summed E-state index contributed by atoms with van der Waals surface area (Å²) in [6.07, 6.45) is 5.90. The van der Waals surface area contributed by atoms with Crippen LogP contribution in [0.5, 0.6) is 0 Å². The Morgan fingerprint density at radius 1 is 0.677 bits per heavy atom. The summed E-state index contributed by atoms with van der Waals surface area (Å²) in [6.45, 7) is 29.1. The van der Waals surface area contributed by atoms with Crippen molar-refractivity contribution in [1.82, 2.24) is 28.9 Å². The monoisotopic (exact) mass is 966 g/mol. The lowest BCUT2D eigenvalue weighted by Crippen LogP contribution is -2.37. The molecule has 0 radical (unpaired) electrons. The van der Waals surface area contributed by atoms with Gasteiger partial charge in [-0.1, -0.05) is 69.6 Å². The molecule has 2 aromatic carbocycles. The van der Waals surface area contributed by atoms with E-state index in [1.807, 2.05) is 57.5 Å². The predicted octanol–water partition coefficient (Wildman–Crippen LogP) is 12.2. The van der Waals surface area contributed by atoms with Gasteiger partial charge in [0.1, 0.15) is 36.3 Å². The fourth-order valence-corrected chi connectivity index (χ4v) is 10.4. The van der Waals surface area contributed by atoms with E-state index in [1.54, 1.807) is 0 Å². The molecule has 65 heavy (non-hydrogen) atoms. The molecule has 2 aromatic heterocycles. The number of fused-ring (bicyclic) bond motifs is 1. The van der Waals surface area contributed by atoms with Crippen molar-refractivity contribution in [3.63, 3.8) is 0 Å². The molecular weight excluding hydrogens is 889 g/mol. The lowest BCUT2D eigenvalue weighted by Gasteiger charge is -2.29. The maximum absolute atomic E-state index is 13.4. The minimum atomic E-state index is -1.28. The van der Waals surface area contributed by atoms with Crippen LogP contribution >= 0.6 is 27.0 Å². The molecule has 2 aliphatic heterocycles. The molecule has 4 heterocycles. The van der Waals surface area contributed by atoms with Crippen molar-refractivity contribution in [3.05, 3.63) is 71.4 Å². The SMILES string of the molecule is CC(C)(C)OC(=O)N1CCC[C@H]1c1ncc(-c2ccc(C3CC3c3ccc4nc([C@@H]5CCCN5C(=O)OC(C)(C)C)n(COCC[Si](C)(C)C)c4c3)cc2)n1COCC[Si](C)(C)C.S.S. The maximum Gasteiger partial charge on any atom is 0.410 e. The summed E-state index contributed by atoms with van der Waals surface area (Å²) in [6, 6.07) is 17.5. The van der Waals surface area contributed by atoms with E-state index in [2.05, 4.69) is 90.9 Å². The summed E-state index contributed by atoms with van der Waals surface area (Å²) >= 11 is 0. The number of hydrogen-bond donors (Lipinski definition) is 0. The topological polar surface area (TPSA) is 113 Å². The van der Waals surface area contributed by atoms with Crippen molar-refractivity contribution in [2.24, 2.45) is 0 Å². The van der Waals surface area contributed by atoms with Crippen LogP contribution in [-0.4, -0.2) is 94.7 Å². The van der Waals surface area contributed by atoms with E-state index in [1.165, 1.54) is 11.1 Å². The largest absolute Gasteiger partial charge is 0.444 e. The number of aromatic nitrogens is 4. The van der Waals surface area contributed by atoms with E-state index in [4.69, 9.17) is 28.9 Å². The van der Waals surface area contributed by atoms with Gasteiger partial charge in [-0.3, -0.25) is 9.80 Å². The van der Waals surface area contributed by atoms with Crippen molar-refractivity contribution in [2.75, 3.05) is 26.3 Å². The molecule has 1 saturated carbocycles. The smallest absolute Gasteiger partial charge is 0.410 e. The number of benzene rings is 2. The van der Waals surface area contributed by atoms with Gasteiger partial charge >= 0.3 is 12.2 Å². The van der Waals surface area contributed by atoms with Gasteiger partial charge in [0.05, 0.1) is 35.0 Å². The van der Waals surface area contributed by atoms with Crippen LogP contribution in [0.1, 0.15) is 120 Å². The molecule has 360 valence electrons. The third-order valence-electron chi connectivity index (χ3n) is 12.3. The summed E-state index contributed by atoms with van der Waals surface area (Å²) in [5.74, 6) is 2.51. The average Bonchev–Trinajstić information content (AvgIpc) is 3.59. The lowest BCUT2D eigenvalue weighted by atomic mass is 10.0. The van der Waals surface area contributed by atoms with E-state index in [0.717, 1.165) is 78.1 Å². The molecule has 2 saturated heterocycles. The van der Waals surface area contributed by atoms with Crippen molar-refractivity contribution >= 4 is 66.4 Å². The predicted molar refractivity (Wildman–Crippen MR) is 276 cm³/mol. The molecule has 0 bridgehead atoms. The molecule has 7 rings (SSSR count). The second-order valence-electron chi connectivity index (χ2n) is 22.5. The summed E-state index contributed by atoms with van der Waals surface area (Å²) in [7, 11) is -2.56. The summed E-state index contributed by atoms with van der Waals surface area (Å²) in [5, 5.41) is 0. The molecule has 2 amide bonds. The zero-order chi connectivity index (χ0) is 45.5. The number of carbonyl (C=O) groups is 2. The normalized spacial score (nSPS) is 20.2. The van der Waals surface area contributed by atoms with E-state index in [-0.39, 0.29) is 51.3 Å². The standard InChI is InChI=1S/C49H74N6O6Si2.2H2S/c1-48(2,3)60-46(56)52-23-13-15-40(52)44-50-31-43(55(44)33-59-26-28-63(10,11)12)35-19-17-34(18-20-35)37-30-38(37)36-21-22-39-42(29-36)54(32-58-25-27-62(7,8)9)45(51-39)41-16-14-24-53(41)47(57)61-49(4,5)6;;/h17-22,29,31,37-38,40-41H,13-16,23-28,30,32-33H2,1-12H3;2*1H2/t37?,38?,40-,41-;;/m0../s1. The minimum Gasteiger partial charge on any atom is -0.444 e. The molecule has 4 aromatic rings. The van der Waals surface area contributed by atoms with Gasteiger partial charge in [0.25, 0.3) is 0 Å². The highest BCUT2D eigenvalue weighted by Crippen LogP contribution is 2.55. The van der Waals surface area contributed by atoms with Crippen LogP contribution in [-0.2, 0) is 32.4 Å². The number of carbonyl (C=O) groups excluding carboxylic acids is 2. The first kappa shape index (κ1) is 52.7. The summed E-state index contributed by atoms with van der Waals surface area (Å²) in [5.41, 5.74) is 5.50. The average molecular weight is 968 g/mol. The molecule has 0 spiro atoms. The van der Waals surface area contributed by atoms with Crippen molar-refractivity contribution in [2.45, 2.75) is 174 Å². The molecule has 2 unspecified atom stereocenters. The van der Waals surface area contributed by atoms with Gasteiger partial charge in [-0.2, -0.15) is 27.0 Å². The van der Waals surface area contributed by atoms with Gasteiger partial charge in [0.15, 0.2) is 0 Å². The third-order valence-corrected chi connectivity index (χ3v) is 15.7. The highest BCUT2D eigenvalue weighted by Gasteiger charge is 2.41. The number of amides is 2. The van der Waals surface area contributed by atoms with Crippen LogP contribution in [0.2, 0.25) is 51.4 Å². The van der Waals surface area contributed by atoms with Crippen molar-refractivity contribution < 1.29 is 28.5 Å². The van der Waals surface area contributed by atoms with Gasteiger partial charge in [-0.15, -0.1) is 0 Å². The van der Waals surface area contributed by atoms with Crippen LogP contribution in [0.15, 0.2) is 48.7 Å². The number of imidazole rings is 2. The molecule has 12 nitrogen and oxygen atoms in total. The fraction of sp³-hybridized carbons (Fsp3) is 0.633. The highest BCUT2D eigenvalue weighted by atomic mass is 32.1. The Morgan fingerprint density at radius 2 is 1.17 bits per heavy atom. The number of rotatable bonds is 15. The molecule has 3 aliphatic rings. The van der Waals surface area contributed by atoms with Crippen LogP contribution < -0.4 is 0 Å². The molecule has 16 heteroatoms. The van der Waals surface area contributed by atoms with Gasteiger partial charge in [0, 0.05) is 42.5 Å². The van der Waals surface area contributed by atoms with Crippen LogP contribution in [0.3, 0.4) is 0 Å². The second-order valence-corrected chi connectivity index (χ2v) is 33.7. The lowest BCUT2D eigenvalue weighted by molar-refractivity contribution is 0.0195. The molecule has 3 fully saturated rings. The first-order valence-corrected chi connectivity index (χ1v) is 30.8. The Labute approximate surface area is 404 Å². The van der Waals surface area contributed by atoms with Gasteiger partial charge in [-0.25, -0.2) is 19.6 Å². The van der Waals surface area contributed by atoms with E-state index in [9.17, 15) is 9.59 Å². The molecule has 1 aliphatic carbocycles. The van der Waals surface area contributed by atoms with Gasteiger partial charge in [-0.05, 0) is 126 Å². The van der Waals surface area contributed by atoms with Crippen LogP contribution in [0, 0.1) is 0 Å². The molecule has 4 atom stereocenters. The highest BCUT2D eigenvalue weighted by molar-refractivity contribution is 7.59. The third kappa shape index (κ3) is 13.5. The van der Waals surface area contributed by atoms with Gasteiger partial charge < -0.3 is 28.1 Å². The summed E-state index contributed by atoms with van der Waals surface area (Å²) < 4.78 is 28.8. The van der Waals surface area contributed by atoms with Gasteiger partial charge in [0.2, 0.25) is 0 Å². The van der Waals surface area contributed by atoms with Crippen LogP contribution in [0.4, 0.5) is 9.59 Å². The van der Waals surface area contributed by atoms with E-state index in [0.29, 0.717) is 51.6 Å². The number of nitrogens with zero attached hydrogens (tertiary/aromatic N) is 6. The van der Waals surface area contributed by atoms with Crippen LogP contribution in [0.25, 0.3) is 22.3 Å². The first-order valence-electron chi connectivity index (χ1n) is 23.4. The Kier molecular flexibility index (Phi) is 17.0. The van der Waals surface area contributed by atoms with E-state index >= 15 is 0 Å². The fourth-order valence-electron chi connectivity index (χ4n) is 8.85. The quantitative estimate of drug-likeness (QED) is 0.0855. The van der Waals surface area contributed by atoms with Crippen molar-refractivity contribution in [1.29, 1.82) is 0 Å². The Morgan fingerprint density at radius 3 is 1.69 bits per heavy atom. The Bertz CT molecular complexity index is 2240. The second kappa shape index (κ2) is 20.9.